The van der Waals surface area contributed by atoms with E-state index in [0.717, 1.165) is 5.39 Å². The molecule has 0 aliphatic rings. The van der Waals surface area contributed by atoms with Gasteiger partial charge in [-0.1, -0.05) is 18.2 Å². The fraction of sp³-hybridized carbons (Fsp3) is 0.231. The van der Waals surface area contributed by atoms with Crippen molar-refractivity contribution in [3.8, 4) is 6.07 Å². The van der Waals surface area contributed by atoms with Gasteiger partial charge in [-0.2, -0.15) is 5.26 Å². The van der Waals surface area contributed by atoms with Crippen LogP contribution in [0, 0.1) is 11.3 Å². The van der Waals surface area contributed by atoms with E-state index in [2.05, 4.69) is 4.98 Å². The molecule has 0 fully saturated rings. The Morgan fingerprint density at radius 1 is 1.28 bits per heavy atom. The number of benzene rings is 1. The number of nitrogens with one attached hydrogen (secondary N) is 1. The first-order chi connectivity index (χ1) is 8.72. The number of fused-ring (bicyclic) bond motifs is 1. The third-order valence-corrected chi connectivity index (χ3v) is 2.74. The monoisotopic (exact) mass is 244 g/mol. The number of aromatic nitrogens is 1. The van der Waals surface area contributed by atoms with Gasteiger partial charge in [0, 0.05) is 30.7 Å². The van der Waals surface area contributed by atoms with Gasteiger partial charge in [0.25, 0.3) is 5.56 Å². The molecule has 0 saturated carbocycles. The molecule has 1 heterocycles. The summed E-state index contributed by atoms with van der Waals surface area (Å²) in [6, 6.07) is 9.12. The highest BCUT2D eigenvalue weighted by Gasteiger charge is 2.20. The van der Waals surface area contributed by atoms with Crippen LogP contribution in [0.5, 0.6) is 0 Å². The molecule has 0 radical (unpaired) electrons. The highest BCUT2D eigenvalue weighted by molar-refractivity contribution is 5.84. The smallest absolute Gasteiger partial charge is 0.266 e. The third kappa shape index (κ3) is 1.88. The summed E-state index contributed by atoms with van der Waals surface area (Å²) >= 11 is 0. The van der Waals surface area contributed by atoms with Crippen molar-refractivity contribution in [2.24, 2.45) is 0 Å². The molecule has 5 heteroatoms. The van der Waals surface area contributed by atoms with E-state index in [4.69, 9.17) is 14.7 Å². The van der Waals surface area contributed by atoms with Crippen LogP contribution in [-0.4, -0.2) is 19.2 Å². The van der Waals surface area contributed by atoms with Gasteiger partial charge in [0.1, 0.15) is 11.6 Å². The predicted molar refractivity (Wildman–Crippen MR) is 66.0 cm³/mol. The summed E-state index contributed by atoms with van der Waals surface area (Å²) < 4.78 is 10.3. The lowest BCUT2D eigenvalue weighted by atomic mass is 10.0. The Bertz CT molecular complexity index is 666. The summed E-state index contributed by atoms with van der Waals surface area (Å²) in [7, 11) is 2.93. The van der Waals surface area contributed by atoms with Crippen LogP contribution in [0.1, 0.15) is 17.4 Å². The van der Waals surface area contributed by atoms with Crippen LogP contribution in [-0.2, 0) is 9.47 Å². The van der Waals surface area contributed by atoms with E-state index < -0.39 is 11.8 Å². The Kier molecular flexibility index (Phi) is 3.42. The molecule has 1 aromatic heterocycles. The molecule has 0 bridgehead atoms. The van der Waals surface area contributed by atoms with Crippen molar-refractivity contribution in [2.75, 3.05) is 14.2 Å². The SMILES string of the molecule is COC(OC)c1c(C#N)c(=O)[nH]c2ccccc12. The molecule has 0 spiro atoms. The summed E-state index contributed by atoms with van der Waals surface area (Å²) in [6.45, 7) is 0. The van der Waals surface area contributed by atoms with Gasteiger partial charge >= 0.3 is 0 Å². The van der Waals surface area contributed by atoms with Crippen molar-refractivity contribution in [3.05, 3.63) is 45.7 Å². The first-order valence-electron chi connectivity index (χ1n) is 5.33. The van der Waals surface area contributed by atoms with Crippen LogP contribution >= 0.6 is 0 Å². The van der Waals surface area contributed by atoms with Gasteiger partial charge in [0.2, 0.25) is 0 Å². The van der Waals surface area contributed by atoms with Gasteiger partial charge in [0.05, 0.1) is 0 Å². The lowest BCUT2D eigenvalue weighted by Crippen LogP contribution is -2.17. The van der Waals surface area contributed by atoms with E-state index in [1.165, 1.54) is 14.2 Å². The number of para-hydroxylation sites is 1. The maximum absolute atomic E-state index is 11.8. The quantitative estimate of drug-likeness (QED) is 0.834. The van der Waals surface area contributed by atoms with Gasteiger partial charge in [-0.3, -0.25) is 4.79 Å². The van der Waals surface area contributed by atoms with Crippen LogP contribution in [0.3, 0.4) is 0 Å². The van der Waals surface area contributed by atoms with Gasteiger partial charge in [-0.25, -0.2) is 0 Å². The molecule has 0 aliphatic carbocycles. The molecule has 0 atom stereocenters. The van der Waals surface area contributed by atoms with Crippen LogP contribution in [0.15, 0.2) is 29.1 Å². The van der Waals surface area contributed by atoms with Crippen LogP contribution < -0.4 is 5.56 Å². The molecule has 0 aliphatic heterocycles. The second-order valence-electron chi connectivity index (χ2n) is 3.70. The number of nitrogens with zero attached hydrogens (tertiary/aromatic N) is 1. The van der Waals surface area contributed by atoms with Gasteiger partial charge < -0.3 is 14.5 Å². The average molecular weight is 244 g/mol. The Morgan fingerprint density at radius 2 is 1.94 bits per heavy atom. The standard InChI is InChI=1S/C13H12N2O3/c1-17-13(18-2)11-8-5-3-4-6-10(8)15-12(16)9(11)7-14/h3-6,13H,1-2H3,(H,15,16). The van der Waals surface area contributed by atoms with E-state index in [1.807, 2.05) is 24.3 Å². The summed E-state index contributed by atoms with van der Waals surface area (Å²) in [5.74, 6) is 0. The average Bonchev–Trinajstić information content (AvgIpc) is 2.40. The molecule has 92 valence electrons. The lowest BCUT2D eigenvalue weighted by Gasteiger charge is -2.16. The normalized spacial score (nSPS) is 10.8. The molecule has 1 aromatic carbocycles. The van der Waals surface area contributed by atoms with Gasteiger partial charge in [-0.15, -0.1) is 0 Å². The maximum atomic E-state index is 11.8. The number of hydrogen-bond donors (Lipinski definition) is 1. The topological polar surface area (TPSA) is 75.1 Å². The number of rotatable bonds is 3. The molecule has 1 N–H and O–H groups in total. The van der Waals surface area contributed by atoms with E-state index in [9.17, 15) is 4.79 Å². The van der Waals surface area contributed by atoms with Crippen molar-refractivity contribution in [3.63, 3.8) is 0 Å². The van der Waals surface area contributed by atoms with E-state index in [1.54, 1.807) is 6.07 Å². The van der Waals surface area contributed by atoms with Gasteiger partial charge in [-0.05, 0) is 6.07 Å². The molecule has 2 rings (SSSR count). The summed E-state index contributed by atoms with van der Waals surface area (Å²) in [4.78, 5) is 14.5. The molecule has 0 amide bonds. The van der Waals surface area contributed by atoms with Crippen molar-refractivity contribution < 1.29 is 9.47 Å². The summed E-state index contributed by atoms with van der Waals surface area (Å²) in [5, 5.41) is 9.86. The first kappa shape index (κ1) is 12.3. The maximum Gasteiger partial charge on any atom is 0.266 e. The molecule has 0 unspecified atom stereocenters. The molecular formula is C13H12N2O3. The zero-order chi connectivity index (χ0) is 13.1. The predicted octanol–water partition coefficient (Wildman–Crippen LogP) is 1.69. The van der Waals surface area contributed by atoms with E-state index >= 15 is 0 Å². The van der Waals surface area contributed by atoms with Gasteiger partial charge in [0.15, 0.2) is 6.29 Å². The highest BCUT2D eigenvalue weighted by atomic mass is 16.7. The Morgan fingerprint density at radius 3 is 2.56 bits per heavy atom. The zero-order valence-corrected chi connectivity index (χ0v) is 10.1. The minimum atomic E-state index is -0.744. The zero-order valence-electron chi connectivity index (χ0n) is 10.1. The number of ether oxygens (including phenoxy) is 2. The molecular weight excluding hydrogens is 232 g/mol. The number of hydrogen-bond acceptors (Lipinski definition) is 4. The minimum Gasteiger partial charge on any atom is -0.352 e. The largest absolute Gasteiger partial charge is 0.352 e. The lowest BCUT2D eigenvalue weighted by molar-refractivity contribution is -0.105. The first-order valence-corrected chi connectivity index (χ1v) is 5.33. The minimum absolute atomic E-state index is 0.0161. The Hall–Kier alpha value is -2.16. The van der Waals surface area contributed by atoms with Crippen molar-refractivity contribution in [1.82, 2.24) is 4.98 Å². The molecule has 0 saturated heterocycles. The number of H-pyrrole nitrogens is 1. The summed E-state index contributed by atoms with van der Waals surface area (Å²) in [6.07, 6.45) is -0.744. The number of pyridine rings is 1. The fourth-order valence-electron chi connectivity index (χ4n) is 1.96. The Labute approximate surface area is 104 Å². The number of nitriles is 1. The molecule has 5 nitrogen and oxygen atoms in total. The molecule has 2 aromatic rings. The van der Waals surface area contributed by atoms with Crippen LogP contribution in [0.25, 0.3) is 10.9 Å². The second-order valence-corrected chi connectivity index (χ2v) is 3.70. The van der Waals surface area contributed by atoms with E-state index in [0.29, 0.717) is 11.1 Å². The van der Waals surface area contributed by atoms with Crippen LogP contribution in [0.2, 0.25) is 0 Å². The van der Waals surface area contributed by atoms with Crippen molar-refractivity contribution >= 4 is 10.9 Å². The van der Waals surface area contributed by atoms with E-state index in [-0.39, 0.29) is 5.56 Å². The number of aromatic amines is 1. The fourth-order valence-corrected chi connectivity index (χ4v) is 1.96. The summed E-state index contributed by atoms with van der Waals surface area (Å²) in [5.41, 5.74) is 0.685. The Balaban J connectivity index is 2.90. The second kappa shape index (κ2) is 5.00. The number of methoxy groups -OCH3 is 2. The third-order valence-electron chi connectivity index (χ3n) is 2.74. The van der Waals surface area contributed by atoms with Crippen LogP contribution in [0.4, 0.5) is 0 Å². The van der Waals surface area contributed by atoms with Crippen molar-refractivity contribution in [1.29, 1.82) is 5.26 Å². The van der Waals surface area contributed by atoms with Crippen molar-refractivity contribution in [2.45, 2.75) is 6.29 Å². The molecule has 18 heavy (non-hydrogen) atoms. The highest BCUT2D eigenvalue weighted by Crippen LogP contribution is 2.26.